The van der Waals surface area contributed by atoms with Crippen molar-refractivity contribution < 1.29 is 22.7 Å². The maximum absolute atomic E-state index is 12.2. The average Bonchev–Trinajstić information content (AvgIpc) is 3.08. The summed E-state index contributed by atoms with van der Waals surface area (Å²) in [6, 6.07) is 8.87. The highest BCUT2D eigenvalue weighted by Crippen LogP contribution is 2.39. The van der Waals surface area contributed by atoms with E-state index in [1.165, 1.54) is 24.3 Å². The van der Waals surface area contributed by atoms with Crippen LogP contribution in [0.5, 0.6) is 11.5 Å². The summed E-state index contributed by atoms with van der Waals surface area (Å²) in [5.41, 5.74) is 0.289. The van der Waals surface area contributed by atoms with E-state index in [-0.39, 0.29) is 35.4 Å². The lowest BCUT2D eigenvalue weighted by atomic mass is 10.2. The largest absolute Gasteiger partial charge is 0.454 e. The van der Waals surface area contributed by atoms with Crippen molar-refractivity contribution in [3.8, 4) is 11.5 Å². The molecule has 0 atom stereocenters. The van der Waals surface area contributed by atoms with E-state index in [0.29, 0.717) is 16.5 Å². The first-order chi connectivity index (χ1) is 12.4. The molecule has 2 aromatic carbocycles. The zero-order valence-electron chi connectivity index (χ0n) is 13.3. The van der Waals surface area contributed by atoms with Crippen molar-refractivity contribution >= 4 is 39.1 Å². The zero-order chi connectivity index (χ0) is 18.7. The molecule has 0 radical (unpaired) electrons. The third-order valence-electron chi connectivity index (χ3n) is 3.50. The summed E-state index contributed by atoms with van der Waals surface area (Å²) >= 11 is 11.8. The fourth-order valence-electron chi connectivity index (χ4n) is 2.28. The molecular formula is C16H14Cl2N2O5S. The Hall–Kier alpha value is -2.00. The van der Waals surface area contributed by atoms with Gasteiger partial charge in [0.25, 0.3) is 5.91 Å². The number of nitrogens with one attached hydrogen (secondary N) is 2. The molecule has 138 valence electrons. The Bertz CT molecular complexity index is 950. The fourth-order valence-corrected chi connectivity index (χ4v) is 3.88. The van der Waals surface area contributed by atoms with E-state index in [0.717, 1.165) is 0 Å². The normalized spacial score (nSPS) is 12.8. The summed E-state index contributed by atoms with van der Waals surface area (Å²) < 4.78 is 37.1. The molecule has 1 amide bonds. The molecule has 26 heavy (non-hydrogen) atoms. The minimum atomic E-state index is -3.70. The van der Waals surface area contributed by atoms with Crippen LogP contribution in [-0.2, 0) is 10.0 Å². The van der Waals surface area contributed by atoms with Gasteiger partial charge in [0.1, 0.15) is 0 Å². The van der Waals surface area contributed by atoms with E-state index < -0.39 is 15.9 Å². The lowest BCUT2D eigenvalue weighted by Gasteiger charge is -2.09. The molecule has 0 aliphatic carbocycles. The van der Waals surface area contributed by atoms with Crippen molar-refractivity contribution in [1.82, 2.24) is 10.0 Å². The number of carbonyl (C=O) groups excluding carboxylic acids is 1. The molecule has 0 bridgehead atoms. The molecule has 10 heteroatoms. The molecule has 0 fully saturated rings. The minimum absolute atomic E-state index is 0.0128. The Balaban J connectivity index is 1.55. The fraction of sp³-hybridized carbons (Fsp3) is 0.188. The molecule has 0 spiro atoms. The van der Waals surface area contributed by atoms with Crippen molar-refractivity contribution in [3.63, 3.8) is 0 Å². The SMILES string of the molecule is O=C(NCCNS(=O)(=O)c1cccc(Cl)c1)c1cc(Cl)c2c(c1)OCO2. The number of fused-ring (bicyclic) bond motifs is 1. The van der Waals surface area contributed by atoms with Crippen LogP contribution >= 0.6 is 23.2 Å². The second-order valence-electron chi connectivity index (χ2n) is 5.30. The van der Waals surface area contributed by atoms with Gasteiger partial charge >= 0.3 is 0 Å². The van der Waals surface area contributed by atoms with E-state index in [2.05, 4.69) is 10.0 Å². The van der Waals surface area contributed by atoms with Crippen LogP contribution in [0.4, 0.5) is 0 Å². The lowest BCUT2D eigenvalue weighted by Crippen LogP contribution is -2.34. The van der Waals surface area contributed by atoms with E-state index in [4.69, 9.17) is 32.7 Å². The van der Waals surface area contributed by atoms with E-state index in [9.17, 15) is 13.2 Å². The van der Waals surface area contributed by atoms with Gasteiger partial charge < -0.3 is 14.8 Å². The van der Waals surface area contributed by atoms with Gasteiger partial charge in [-0.25, -0.2) is 13.1 Å². The topological polar surface area (TPSA) is 93.7 Å². The Morgan fingerprint density at radius 1 is 1.12 bits per heavy atom. The first kappa shape index (κ1) is 18.8. The van der Waals surface area contributed by atoms with Gasteiger partial charge in [-0.3, -0.25) is 4.79 Å². The van der Waals surface area contributed by atoms with E-state index >= 15 is 0 Å². The Morgan fingerprint density at radius 2 is 1.92 bits per heavy atom. The Labute approximate surface area is 160 Å². The van der Waals surface area contributed by atoms with Crippen LogP contribution in [0, 0.1) is 0 Å². The maximum Gasteiger partial charge on any atom is 0.251 e. The Morgan fingerprint density at radius 3 is 2.69 bits per heavy atom. The van der Waals surface area contributed by atoms with Gasteiger partial charge in [0, 0.05) is 23.7 Å². The molecule has 0 unspecified atom stereocenters. The molecule has 2 N–H and O–H groups in total. The summed E-state index contributed by atoms with van der Waals surface area (Å²) in [5.74, 6) is 0.383. The number of carbonyl (C=O) groups is 1. The predicted molar refractivity (Wildman–Crippen MR) is 96.5 cm³/mol. The van der Waals surface area contributed by atoms with Gasteiger partial charge in [-0.1, -0.05) is 29.3 Å². The number of hydrogen-bond acceptors (Lipinski definition) is 5. The van der Waals surface area contributed by atoms with Crippen molar-refractivity contribution in [2.75, 3.05) is 19.9 Å². The molecule has 0 saturated heterocycles. The predicted octanol–water partition coefficient (Wildman–Crippen LogP) is 2.43. The van der Waals surface area contributed by atoms with Crippen molar-refractivity contribution in [2.24, 2.45) is 0 Å². The van der Waals surface area contributed by atoms with Gasteiger partial charge in [-0.15, -0.1) is 0 Å². The van der Waals surface area contributed by atoms with Gasteiger partial charge in [-0.05, 0) is 30.3 Å². The number of amides is 1. The molecule has 0 saturated carbocycles. The van der Waals surface area contributed by atoms with Crippen LogP contribution in [0.25, 0.3) is 0 Å². The summed E-state index contributed by atoms with van der Waals surface area (Å²) in [4.78, 5) is 12.2. The standard InChI is InChI=1S/C16H14Cl2N2O5S/c17-11-2-1-3-12(8-11)26(22,23)20-5-4-19-16(21)10-6-13(18)15-14(7-10)24-9-25-15/h1-3,6-8,20H,4-5,9H2,(H,19,21). The second-order valence-corrected chi connectivity index (χ2v) is 7.91. The van der Waals surface area contributed by atoms with Crippen LogP contribution in [0.3, 0.4) is 0 Å². The third kappa shape index (κ3) is 4.21. The number of ether oxygens (including phenoxy) is 2. The molecule has 1 aliphatic rings. The first-order valence-corrected chi connectivity index (χ1v) is 9.73. The molecule has 1 heterocycles. The molecule has 1 aliphatic heterocycles. The van der Waals surface area contributed by atoms with Crippen LogP contribution in [0.2, 0.25) is 10.0 Å². The summed E-state index contributed by atoms with van der Waals surface area (Å²) in [7, 11) is -3.70. The highest BCUT2D eigenvalue weighted by Gasteiger charge is 2.20. The number of sulfonamides is 1. The molecule has 3 rings (SSSR count). The minimum Gasteiger partial charge on any atom is -0.454 e. The van der Waals surface area contributed by atoms with Crippen molar-refractivity contribution in [1.29, 1.82) is 0 Å². The highest BCUT2D eigenvalue weighted by molar-refractivity contribution is 7.89. The van der Waals surface area contributed by atoms with E-state index in [1.807, 2.05) is 0 Å². The van der Waals surface area contributed by atoms with Gasteiger partial charge in [0.15, 0.2) is 11.5 Å². The van der Waals surface area contributed by atoms with Crippen LogP contribution in [0.15, 0.2) is 41.3 Å². The van der Waals surface area contributed by atoms with Gasteiger partial charge in [0.2, 0.25) is 16.8 Å². The zero-order valence-corrected chi connectivity index (χ0v) is 15.6. The monoisotopic (exact) mass is 416 g/mol. The molecular weight excluding hydrogens is 403 g/mol. The van der Waals surface area contributed by atoms with Crippen molar-refractivity contribution in [3.05, 3.63) is 52.0 Å². The smallest absolute Gasteiger partial charge is 0.251 e. The highest BCUT2D eigenvalue weighted by atomic mass is 35.5. The van der Waals surface area contributed by atoms with E-state index in [1.54, 1.807) is 12.1 Å². The number of halogens is 2. The lowest BCUT2D eigenvalue weighted by molar-refractivity contribution is 0.0954. The summed E-state index contributed by atoms with van der Waals surface area (Å²) in [6.07, 6.45) is 0. The van der Waals surface area contributed by atoms with Crippen LogP contribution < -0.4 is 19.5 Å². The Kier molecular flexibility index (Phi) is 5.57. The first-order valence-electron chi connectivity index (χ1n) is 7.49. The van der Waals surface area contributed by atoms with Crippen molar-refractivity contribution in [2.45, 2.75) is 4.90 Å². The van der Waals surface area contributed by atoms with Crippen LogP contribution in [0.1, 0.15) is 10.4 Å². The number of hydrogen-bond donors (Lipinski definition) is 2. The summed E-state index contributed by atoms with van der Waals surface area (Å²) in [5, 5.41) is 3.20. The quantitative estimate of drug-likeness (QED) is 0.705. The summed E-state index contributed by atoms with van der Waals surface area (Å²) in [6.45, 7) is 0.148. The van der Waals surface area contributed by atoms with Gasteiger partial charge in [-0.2, -0.15) is 0 Å². The number of rotatable bonds is 6. The molecule has 0 aromatic heterocycles. The third-order valence-corrected chi connectivity index (χ3v) is 5.47. The number of benzene rings is 2. The second kappa shape index (κ2) is 7.71. The average molecular weight is 417 g/mol. The maximum atomic E-state index is 12.2. The molecule has 7 nitrogen and oxygen atoms in total. The molecule has 2 aromatic rings. The van der Waals surface area contributed by atoms with Crippen LogP contribution in [-0.4, -0.2) is 34.2 Å². The van der Waals surface area contributed by atoms with Gasteiger partial charge in [0.05, 0.1) is 9.92 Å².